The van der Waals surface area contributed by atoms with Crippen LogP contribution in [0.15, 0.2) is 127 Å². The van der Waals surface area contributed by atoms with Crippen molar-refractivity contribution in [2.24, 2.45) is 0 Å². The van der Waals surface area contributed by atoms with Crippen molar-refractivity contribution in [3.05, 3.63) is 144 Å². The van der Waals surface area contributed by atoms with E-state index in [0.29, 0.717) is 5.56 Å². The Bertz CT molecular complexity index is 1670. The van der Waals surface area contributed by atoms with E-state index in [1.165, 1.54) is 16.8 Å². The molecule has 1 N–H and O–H groups in total. The molecule has 0 aromatic heterocycles. The first-order valence-electron chi connectivity index (χ1n) is 12.2. The van der Waals surface area contributed by atoms with Gasteiger partial charge in [-0.1, -0.05) is 103 Å². The molecule has 0 bridgehead atoms. The van der Waals surface area contributed by atoms with E-state index < -0.39 is 5.97 Å². The van der Waals surface area contributed by atoms with Gasteiger partial charge in [-0.25, -0.2) is 4.79 Å². The van der Waals surface area contributed by atoms with E-state index in [2.05, 4.69) is 95.9 Å². The van der Waals surface area contributed by atoms with E-state index in [1.54, 1.807) is 18.2 Å². The lowest BCUT2D eigenvalue weighted by Crippen LogP contribution is -2.10. The minimum absolute atomic E-state index is 0.290. The van der Waals surface area contributed by atoms with Crippen LogP contribution in [0.4, 0.5) is 17.1 Å². The van der Waals surface area contributed by atoms with Gasteiger partial charge in [0, 0.05) is 16.8 Å². The molecule has 0 atom stereocenters. The van der Waals surface area contributed by atoms with Crippen molar-refractivity contribution in [3.63, 3.8) is 0 Å². The van der Waals surface area contributed by atoms with E-state index in [0.717, 1.165) is 28.2 Å². The molecule has 0 aliphatic heterocycles. The zero-order chi connectivity index (χ0) is 26.3. The highest BCUT2D eigenvalue weighted by atomic mass is 16.4. The number of anilines is 3. The predicted molar refractivity (Wildman–Crippen MR) is 155 cm³/mol. The first-order valence-corrected chi connectivity index (χ1v) is 12.2. The smallest absolute Gasteiger partial charge is 0.346 e. The fraction of sp³-hybridized carbons (Fsp3) is 0. The fourth-order valence-electron chi connectivity index (χ4n) is 4.35. The van der Waals surface area contributed by atoms with Gasteiger partial charge >= 0.3 is 5.97 Å². The maximum absolute atomic E-state index is 11.0. The van der Waals surface area contributed by atoms with E-state index in [9.17, 15) is 4.79 Å². The number of aliphatic carboxylic acids is 1. The number of fused-ring (bicyclic) bond motifs is 1. The van der Waals surface area contributed by atoms with E-state index >= 15 is 0 Å². The second-order valence-corrected chi connectivity index (χ2v) is 8.74. The van der Waals surface area contributed by atoms with Gasteiger partial charge in [-0.15, -0.1) is 0 Å². The molecule has 0 fully saturated rings. The normalized spacial score (nSPS) is 11.4. The van der Waals surface area contributed by atoms with Crippen molar-refractivity contribution in [1.29, 1.82) is 5.26 Å². The lowest BCUT2D eigenvalue weighted by Gasteiger charge is -2.27. The summed E-state index contributed by atoms with van der Waals surface area (Å²) in [6, 6.07) is 42.7. The molecule has 0 aliphatic rings. The summed E-state index contributed by atoms with van der Waals surface area (Å²) in [6.45, 7) is 0. The predicted octanol–water partition coefficient (Wildman–Crippen LogP) is 8.47. The van der Waals surface area contributed by atoms with Crippen molar-refractivity contribution in [3.8, 4) is 6.07 Å². The molecule has 0 saturated heterocycles. The first kappa shape index (κ1) is 24.3. The summed E-state index contributed by atoms with van der Waals surface area (Å²) in [7, 11) is 0. The number of hydrogen-bond donors (Lipinski definition) is 1. The minimum atomic E-state index is -1.23. The second kappa shape index (κ2) is 11.1. The second-order valence-electron chi connectivity index (χ2n) is 8.74. The van der Waals surface area contributed by atoms with Crippen LogP contribution in [0.1, 0.15) is 16.7 Å². The van der Waals surface area contributed by atoms with Gasteiger partial charge in [-0.3, -0.25) is 0 Å². The lowest BCUT2D eigenvalue weighted by atomic mass is 10.1. The molecular formula is C34H24N2O2. The molecule has 38 heavy (non-hydrogen) atoms. The number of carboxylic acid groups (broad SMARTS) is 1. The number of carboxylic acids is 1. The van der Waals surface area contributed by atoms with Crippen molar-refractivity contribution in [2.75, 3.05) is 4.90 Å². The molecule has 5 aromatic carbocycles. The van der Waals surface area contributed by atoms with Crippen molar-refractivity contribution in [1.82, 2.24) is 0 Å². The molecule has 0 radical (unpaired) electrons. The van der Waals surface area contributed by atoms with E-state index in [1.807, 2.05) is 30.4 Å². The summed E-state index contributed by atoms with van der Waals surface area (Å²) in [6.07, 6.45) is 5.41. The zero-order valence-corrected chi connectivity index (χ0v) is 20.5. The highest BCUT2D eigenvalue weighted by Crippen LogP contribution is 2.38. The average Bonchev–Trinajstić information content (AvgIpc) is 2.97. The van der Waals surface area contributed by atoms with Crippen LogP contribution in [-0.4, -0.2) is 11.1 Å². The highest BCUT2D eigenvalue weighted by molar-refractivity contribution is 5.99. The van der Waals surface area contributed by atoms with Crippen molar-refractivity contribution >= 4 is 52.0 Å². The Labute approximate surface area is 221 Å². The molecule has 5 aromatic rings. The fourth-order valence-corrected chi connectivity index (χ4v) is 4.35. The summed E-state index contributed by atoms with van der Waals surface area (Å²) in [5.41, 5.74) is 5.68. The third kappa shape index (κ3) is 5.38. The Morgan fingerprint density at radius 3 is 1.87 bits per heavy atom. The quantitative estimate of drug-likeness (QED) is 0.141. The molecule has 0 amide bonds. The summed E-state index contributed by atoms with van der Waals surface area (Å²) >= 11 is 0. The molecule has 0 heterocycles. The molecule has 5 rings (SSSR count). The van der Waals surface area contributed by atoms with Crippen LogP contribution in [-0.2, 0) is 4.79 Å². The van der Waals surface area contributed by atoms with Crippen LogP contribution >= 0.6 is 0 Å². The SMILES string of the molecule is N#C/C(=C/c1ccc(/C=C/c2ccc(N(c3ccccc3)c3cccc4ccccc34)cc2)cc1)C(=O)O. The Morgan fingerprint density at radius 2 is 1.21 bits per heavy atom. The topological polar surface area (TPSA) is 64.3 Å². The maximum atomic E-state index is 11.0. The van der Waals surface area contributed by atoms with E-state index in [4.69, 9.17) is 10.4 Å². The van der Waals surface area contributed by atoms with E-state index in [-0.39, 0.29) is 5.57 Å². The molecule has 0 unspecified atom stereocenters. The van der Waals surface area contributed by atoms with Gasteiger partial charge in [0.25, 0.3) is 0 Å². The molecule has 182 valence electrons. The van der Waals surface area contributed by atoms with Crippen LogP contribution in [0.3, 0.4) is 0 Å². The monoisotopic (exact) mass is 492 g/mol. The van der Waals surface area contributed by atoms with Gasteiger partial charge in [-0.05, 0) is 58.5 Å². The summed E-state index contributed by atoms with van der Waals surface area (Å²) in [5.74, 6) is -1.23. The summed E-state index contributed by atoms with van der Waals surface area (Å²) in [4.78, 5) is 13.3. The third-order valence-corrected chi connectivity index (χ3v) is 6.24. The van der Waals surface area contributed by atoms with Gasteiger partial charge in [0.15, 0.2) is 0 Å². The van der Waals surface area contributed by atoms with Crippen LogP contribution in [0, 0.1) is 11.3 Å². The number of hydrogen-bond acceptors (Lipinski definition) is 3. The van der Waals surface area contributed by atoms with Crippen LogP contribution < -0.4 is 4.90 Å². The summed E-state index contributed by atoms with van der Waals surface area (Å²) < 4.78 is 0. The van der Waals surface area contributed by atoms with Gasteiger partial charge in [0.2, 0.25) is 0 Å². The standard InChI is InChI=1S/C34H24N2O2/c35-24-29(34(37)38)23-27-17-15-25(16-18-27)13-14-26-19-21-31(22-20-26)36(30-9-2-1-3-10-30)33-12-6-8-28-7-4-5-11-32(28)33/h1-23H,(H,37,38)/b14-13+,29-23-. The zero-order valence-electron chi connectivity index (χ0n) is 20.5. The summed E-state index contributed by atoms with van der Waals surface area (Å²) in [5, 5.41) is 20.3. The molecule has 0 spiro atoms. The van der Waals surface area contributed by atoms with Gasteiger partial charge in [-0.2, -0.15) is 5.26 Å². The lowest BCUT2D eigenvalue weighted by molar-refractivity contribution is -0.132. The molecule has 0 aliphatic carbocycles. The molecule has 0 saturated carbocycles. The van der Waals surface area contributed by atoms with Crippen molar-refractivity contribution < 1.29 is 9.90 Å². The van der Waals surface area contributed by atoms with Gasteiger partial charge in [0.1, 0.15) is 11.6 Å². The number of nitrogens with zero attached hydrogens (tertiary/aromatic N) is 2. The number of nitriles is 1. The van der Waals surface area contributed by atoms with Crippen LogP contribution in [0.5, 0.6) is 0 Å². The minimum Gasteiger partial charge on any atom is -0.477 e. The van der Waals surface area contributed by atoms with Crippen LogP contribution in [0.2, 0.25) is 0 Å². The number of benzene rings is 5. The molecular weight excluding hydrogens is 468 g/mol. The number of carbonyl (C=O) groups is 1. The highest BCUT2D eigenvalue weighted by Gasteiger charge is 2.14. The van der Waals surface area contributed by atoms with Crippen LogP contribution in [0.25, 0.3) is 29.0 Å². The Kier molecular flexibility index (Phi) is 7.11. The van der Waals surface area contributed by atoms with Gasteiger partial charge in [0.05, 0.1) is 5.69 Å². The first-order chi connectivity index (χ1) is 18.6. The average molecular weight is 493 g/mol. The molecule has 4 nitrogen and oxygen atoms in total. The molecule has 4 heteroatoms. The number of rotatable bonds is 7. The number of para-hydroxylation sites is 1. The Hall–Kier alpha value is -5.40. The largest absolute Gasteiger partial charge is 0.477 e. The van der Waals surface area contributed by atoms with Gasteiger partial charge < -0.3 is 10.0 Å². The Morgan fingerprint density at radius 1 is 0.658 bits per heavy atom. The van der Waals surface area contributed by atoms with Crippen molar-refractivity contribution in [2.45, 2.75) is 0 Å². The Balaban J connectivity index is 1.42. The maximum Gasteiger partial charge on any atom is 0.346 e. The third-order valence-electron chi connectivity index (χ3n) is 6.24.